The Labute approximate surface area is 252 Å². The van der Waals surface area contributed by atoms with Crippen LogP contribution in [0, 0.1) is 0 Å². The Bertz CT molecular complexity index is 2720. The van der Waals surface area contributed by atoms with Crippen LogP contribution in [-0.4, -0.2) is 0 Å². The average molecular weight is 561 g/mol. The van der Waals surface area contributed by atoms with Crippen molar-refractivity contribution < 1.29 is 8.83 Å². The lowest BCUT2D eigenvalue weighted by Gasteiger charge is -2.18. The van der Waals surface area contributed by atoms with Crippen LogP contribution in [0.3, 0.4) is 0 Å². The summed E-state index contributed by atoms with van der Waals surface area (Å²) in [6, 6.07) is 51.9. The first kappa shape index (κ1) is 23.7. The summed E-state index contributed by atoms with van der Waals surface area (Å²) >= 11 is 0. The molecule has 0 aliphatic heterocycles. The summed E-state index contributed by atoms with van der Waals surface area (Å²) < 4.78 is 13.1. The van der Waals surface area contributed by atoms with Gasteiger partial charge in [0.25, 0.3) is 0 Å². The van der Waals surface area contributed by atoms with E-state index in [0.29, 0.717) is 0 Å². The van der Waals surface area contributed by atoms with E-state index in [0.717, 1.165) is 44.2 Å². The molecular formula is C42H24O2. The molecule has 2 aromatic heterocycles. The molecule has 0 radical (unpaired) electrons. The summed E-state index contributed by atoms with van der Waals surface area (Å²) in [6.07, 6.45) is 0. The summed E-state index contributed by atoms with van der Waals surface area (Å²) in [5.74, 6) is 0.843. The Morgan fingerprint density at radius 3 is 1.59 bits per heavy atom. The molecule has 0 unspecified atom stereocenters. The van der Waals surface area contributed by atoms with E-state index in [1.54, 1.807) is 0 Å². The Morgan fingerprint density at radius 1 is 0.318 bits per heavy atom. The molecule has 0 aliphatic carbocycles. The van der Waals surface area contributed by atoms with Gasteiger partial charge in [-0.3, -0.25) is 0 Å². The third-order valence-electron chi connectivity index (χ3n) is 9.26. The van der Waals surface area contributed by atoms with Crippen molar-refractivity contribution in [2.75, 3.05) is 0 Å². The van der Waals surface area contributed by atoms with Gasteiger partial charge in [-0.2, -0.15) is 0 Å². The summed E-state index contributed by atoms with van der Waals surface area (Å²) in [7, 11) is 0. The van der Waals surface area contributed by atoms with E-state index in [9.17, 15) is 0 Å². The summed E-state index contributed by atoms with van der Waals surface area (Å²) in [6.45, 7) is 0. The third-order valence-corrected chi connectivity index (χ3v) is 9.26. The Hall–Kier alpha value is -5.86. The van der Waals surface area contributed by atoms with E-state index in [-0.39, 0.29) is 0 Å². The fraction of sp³-hybridized carbons (Fsp3) is 0. The van der Waals surface area contributed by atoms with Crippen molar-refractivity contribution in [1.82, 2.24) is 0 Å². The summed E-state index contributed by atoms with van der Waals surface area (Å²) in [4.78, 5) is 0. The largest absolute Gasteiger partial charge is 0.456 e. The molecule has 0 N–H and O–H groups in total. The van der Waals surface area contributed by atoms with Gasteiger partial charge in [-0.15, -0.1) is 0 Å². The van der Waals surface area contributed by atoms with Crippen LogP contribution in [0.25, 0.3) is 98.4 Å². The second-order valence-electron chi connectivity index (χ2n) is 11.6. The molecule has 0 atom stereocenters. The summed E-state index contributed by atoms with van der Waals surface area (Å²) in [5.41, 5.74) is 6.17. The zero-order valence-electron chi connectivity index (χ0n) is 23.7. The van der Waals surface area contributed by atoms with Gasteiger partial charge in [0.15, 0.2) is 0 Å². The molecule has 2 heterocycles. The first-order valence-electron chi connectivity index (χ1n) is 15.0. The molecule has 8 aromatic carbocycles. The molecule has 0 aliphatic rings. The van der Waals surface area contributed by atoms with E-state index >= 15 is 0 Å². The number of furan rings is 2. The van der Waals surface area contributed by atoms with Gasteiger partial charge in [-0.25, -0.2) is 0 Å². The fourth-order valence-corrected chi connectivity index (χ4v) is 7.36. The fourth-order valence-electron chi connectivity index (χ4n) is 7.36. The highest BCUT2D eigenvalue weighted by atomic mass is 16.3. The van der Waals surface area contributed by atoms with E-state index < -0.39 is 0 Å². The van der Waals surface area contributed by atoms with Crippen LogP contribution < -0.4 is 0 Å². The minimum absolute atomic E-state index is 0.823. The second kappa shape index (κ2) is 8.82. The first-order valence-corrected chi connectivity index (χ1v) is 15.0. The zero-order chi connectivity index (χ0) is 28.8. The van der Waals surface area contributed by atoms with Crippen molar-refractivity contribution in [1.29, 1.82) is 0 Å². The Balaban J connectivity index is 1.33. The van der Waals surface area contributed by atoms with Crippen LogP contribution in [0.15, 0.2) is 154 Å². The van der Waals surface area contributed by atoms with Crippen LogP contribution in [-0.2, 0) is 0 Å². The number of hydrogen-bond donors (Lipinski definition) is 0. The molecule has 0 saturated carbocycles. The lowest BCUT2D eigenvalue weighted by molar-refractivity contribution is 0.632. The van der Waals surface area contributed by atoms with Crippen molar-refractivity contribution in [3.05, 3.63) is 146 Å². The van der Waals surface area contributed by atoms with Crippen molar-refractivity contribution in [3.63, 3.8) is 0 Å². The van der Waals surface area contributed by atoms with Crippen molar-refractivity contribution in [2.45, 2.75) is 0 Å². The molecule has 2 heteroatoms. The molecule has 204 valence electrons. The Morgan fingerprint density at radius 2 is 0.864 bits per heavy atom. The molecule has 10 aromatic rings. The highest BCUT2D eigenvalue weighted by molar-refractivity contribution is 6.26. The maximum atomic E-state index is 6.69. The predicted octanol–water partition coefficient (Wildman–Crippen LogP) is 12.3. The zero-order valence-corrected chi connectivity index (χ0v) is 23.7. The van der Waals surface area contributed by atoms with Gasteiger partial charge in [0.2, 0.25) is 0 Å². The standard InChI is InChI=1S/C42H24O2/c1-2-12-26-25(11-1)23-35(28-14-4-3-13-27(26)28)40-30-16-5-7-18-32(30)41(33-19-8-6-17-31(33)40)39-24-36-38(43-39)22-21-34-29-15-9-10-20-37(29)44-42(34)36/h1-24H. The maximum Gasteiger partial charge on any atom is 0.146 e. The van der Waals surface area contributed by atoms with Crippen molar-refractivity contribution in [3.8, 4) is 22.5 Å². The number of rotatable bonds is 2. The molecular weight excluding hydrogens is 536 g/mol. The molecule has 0 amide bonds. The number of hydrogen-bond acceptors (Lipinski definition) is 2. The minimum atomic E-state index is 0.823. The van der Waals surface area contributed by atoms with Crippen LogP contribution in [0.1, 0.15) is 0 Å². The average Bonchev–Trinajstić information content (AvgIpc) is 3.68. The number of benzene rings is 8. The highest BCUT2D eigenvalue weighted by Gasteiger charge is 2.22. The Kier molecular flexibility index (Phi) is 4.75. The van der Waals surface area contributed by atoms with Crippen LogP contribution in [0.5, 0.6) is 0 Å². The monoisotopic (exact) mass is 560 g/mol. The predicted molar refractivity (Wildman–Crippen MR) is 184 cm³/mol. The third kappa shape index (κ3) is 3.20. The normalized spacial score (nSPS) is 12.1. The second-order valence-corrected chi connectivity index (χ2v) is 11.6. The smallest absolute Gasteiger partial charge is 0.146 e. The van der Waals surface area contributed by atoms with Crippen LogP contribution in [0.4, 0.5) is 0 Å². The molecule has 0 bridgehead atoms. The summed E-state index contributed by atoms with van der Waals surface area (Å²) in [5, 5.41) is 13.0. The van der Waals surface area contributed by atoms with Crippen molar-refractivity contribution in [2.24, 2.45) is 0 Å². The topological polar surface area (TPSA) is 26.3 Å². The SMILES string of the molecule is c1ccc2c(c1)cc(-c1c3ccccc3c(-c3cc4c(ccc5c6ccccc6oc45)o3)c3ccccc13)c1ccccc12. The molecule has 10 rings (SSSR count). The molecule has 0 saturated heterocycles. The van der Waals surface area contributed by atoms with Gasteiger partial charge in [0.05, 0.1) is 5.39 Å². The van der Waals surface area contributed by atoms with Crippen LogP contribution in [0.2, 0.25) is 0 Å². The lowest BCUT2D eigenvalue weighted by atomic mass is 9.85. The van der Waals surface area contributed by atoms with E-state index in [2.05, 4.69) is 133 Å². The number of fused-ring (bicyclic) bond motifs is 10. The maximum absolute atomic E-state index is 6.69. The molecule has 44 heavy (non-hydrogen) atoms. The molecule has 0 spiro atoms. The van der Waals surface area contributed by atoms with Gasteiger partial charge in [0.1, 0.15) is 22.5 Å². The highest BCUT2D eigenvalue weighted by Crippen LogP contribution is 2.48. The quantitative estimate of drug-likeness (QED) is 0.155. The molecule has 2 nitrogen and oxygen atoms in total. The van der Waals surface area contributed by atoms with Crippen molar-refractivity contribution >= 4 is 76.0 Å². The lowest BCUT2D eigenvalue weighted by Crippen LogP contribution is -1.91. The molecule has 0 fully saturated rings. The van der Waals surface area contributed by atoms with Gasteiger partial charge in [0, 0.05) is 16.3 Å². The van der Waals surface area contributed by atoms with E-state index in [1.165, 1.54) is 54.2 Å². The van der Waals surface area contributed by atoms with E-state index in [1.807, 2.05) is 12.1 Å². The van der Waals surface area contributed by atoms with Gasteiger partial charge in [-0.1, -0.05) is 115 Å². The van der Waals surface area contributed by atoms with Gasteiger partial charge >= 0.3 is 0 Å². The van der Waals surface area contributed by atoms with Crippen LogP contribution >= 0.6 is 0 Å². The minimum Gasteiger partial charge on any atom is -0.456 e. The van der Waals surface area contributed by atoms with E-state index in [4.69, 9.17) is 8.83 Å². The van der Waals surface area contributed by atoms with Gasteiger partial charge in [-0.05, 0) is 84.5 Å². The first-order chi connectivity index (χ1) is 21.8. The number of para-hydroxylation sites is 1. The van der Waals surface area contributed by atoms with Gasteiger partial charge < -0.3 is 8.83 Å².